The SMILES string of the molecule is CC1=NC2C(C)CC(N)CC2S1. The van der Waals surface area contributed by atoms with Gasteiger partial charge in [0.1, 0.15) is 0 Å². The van der Waals surface area contributed by atoms with Crippen molar-refractivity contribution in [2.45, 2.75) is 44.0 Å². The number of nitrogens with zero attached hydrogens (tertiary/aromatic N) is 1. The molecule has 1 fully saturated rings. The number of nitrogens with two attached hydrogens (primary N) is 1. The van der Waals surface area contributed by atoms with E-state index in [0.29, 0.717) is 23.3 Å². The number of rotatable bonds is 0. The first-order chi connectivity index (χ1) is 5.66. The van der Waals surface area contributed by atoms with E-state index in [1.807, 2.05) is 11.8 Å². The molecule has 1 saturated carbocycles. The van der Waals surface area contributed by atoms with Crippen molar-refractivity contribution in [2.75, 3.05) is 0 Å². The molecular weight excluding hydrogens is 168 g/mol. The zero-order valence-corrected chi connectivity index (χ0v) is 8.47. The van der Waals surface area contributed by atoms with Gasteiger partial charge in [-0.3, -0.25) is 4.99 Å². The quantitative estimate of drug-likeness (QED) is 0.621. The summed E-state index contributed by atoms with van der Waals surface area (Å²) in [5.41, 5.74) is 5.96. The van der Waals surface area contributed by atoms with Crippen molar-refractivity contribution in [2.24, 2.45) is 16.6 Å². The van der Waals surface area contributed by atoms with Crippen LogP contribution in [0.15, 0.2) is 4.99 Å². The van der Waals surface area contributed by atoms with Crippen LogP contribution < -0.4 is 5.73 Å². The third-order valence-electron chi connectivity index (χ3n) is 2.83. The topological polar surface area (TPSA) is 38.4 Å². The third kappa shape index (κ3) is 1.40. The highest BCUT2D eigenvalue weighted by atomic mass is 32.2. The van der Waals surface area contributed by atoms with Crippen LogP contribution in [0.5, 0.6) is 0 Å². The second kappa shape index (κ2) is 3.04. The number of aliphatic imine (C=N–C) groups is 1. The summed E-state index contributed by atoms with van der Waals surface area (Å²) >= 11 is 1.93. The van der Waals surface area contributed by atoms with Gasteiger partial charge in [0.25, 0.3) is 0 Å². The summed E-state index contributed by atoms with van der Waals surface area (Å²) in [6.45, 7) is 4.39. The maximum Gasteiger partial charge on any atom is 0.0658 e. The van der Waals surface area contributed by atoms with Gasteiger partial charge in [0.2, 0.25) is 0 Å². The Morgan fingerprint density at radius 1 is 1.50 bits per heavy atom. The lowest BCUT2D eigenvalue weighted by Crippen LogP contribution is -2.40. The van der Waals surface area contributed by atoms with E-state index in [-0.39, 0.29) is 0 Å². The summed E-state index contributed by atoms with van der Waals surface area (Å²) in [7, 11) is 0. The van der Waals surface area contributed by atoms with Gasteiger partial charge in [-0.15, -0.1) is 11.8 Å². The van der Waals surface area contributed by atoms with Gasteiger partial charge >= 0.3 is 0 Å². The van der Waals surface area contributed by atoms with Crippen LogP contribution in [0.25, 0.3) is 0 Å². The number of hydrogen-bond donors (Lipinski definition) is 1. The van der Waals surface area contributed by atoms with Crippen molar-refractivity contribution < 1.29 is 0 Å². The van der Waals surface area contributed by atoms with Crippen LogP contribution in [-0.2, 0) is 0 Å². The number of hydrogen-bond acceptors (Lipinski definition) is 3. The molecular formula is C9H16N2S. The first-order valence-electron chi connectivity index (χ1n) is 4.63. The van der Waals surface area contributed by atoms with Crippen LogP contribution in [0.4, 0.5) is 0 Å². The fourth-order valence-corrected chi connectivity index (χ4v) is 3.74. The van der Waals surface area contributed by atoms with Crippen molar-refractivity contribution in [1.29, 1.82) is 0 Å². The van der Waals surface area contributed by atoms with Crippen LogP contribution in [0, 0.1) is 5.92 Å². The maximum atomic E-state index is 5.96. The molecule has 0 aromatic rings. The van der Waals surface area contributed by atoms with Crippen LogP contribution in [0.2, 0.25) is 0 Å². The summed E-state index contributed by atoms with van der Waals surface area (Å²) in [5, 5.41) is 1.94. The molecule has 0 saturated heterocycles. The second-order valence-electron chi connectivity index (χ2n) is 4.00. The van der Waals surface area contributed by atoms with E-state index in [1.165, 1.54) is 5.04 Å². The molecule has 0 amide bonds. The molecule has 68 valence electrons. The lowest BCUT2D eigenvalue weighted by Gasteiger charge is -2.32. The molecule has 1 heterocycles. The standard InChI is InChI=1S/C9H16N2S/c1-5-3-7(10)4-8-9(5)11-6(2)12-8/h5,7-9H,3-4,10H2,1-2H3. The molecule has 4 atom stereocenters. The number of thioether (sulfide) groups is 1. The average Bonchev–Trinajstić information content (AvgIpc) is 2.29. The molecule has 2 aliphatic rings. The van der Waals surface area contributed by atoms with Crippen LogP contribution in [0.1, 0.15) is 26.7 Å². The van der Waals surface area contributed by atoms with Gasteiger partial charge in [-0.2, -0.15) is 0 Å². The first kappa shape index (κ1) is 8.57. The molecule has 0 aromatic carbocycles. The van der Waals surface area contributed by atoms with E-state index in [0.717, 1.165) is 12.8 Å². The van der Waals surface area contributed by atoms with E-state index in [2.05, 4.69) is 18.8 Å². The molecule has 2 nitrogen and oxygen atoms in total. The normalized spacial score (nSPS) is 47.1. The Labute approximate surface area is 78.0 Å². The Bertz CT molecular complexity index is 215. The van der Waals surface area contributed by atoms with Gasteiger partial charge in [-0.1, -0.05) is 6.92 Å². The monoisotopic (exact) mass is 184 g/mol. The zero-order chi connectivity index (χ0) is 8.72. The Morgan fingerprint density at radius 3 is 3.00 bits per heavy atom. The molecule has 3 heteroatoms. The second-order valence-corrected chi connectivity index (χ2v) is 5.44. The zero-order valence-electron chi connectivity index (χ0n) is 7.66. The molecule has 2 N–H and O–H groups in total. The molecule has 2 rings (SSSR count). The fraction of sp³-hybridized carbons (Fsp3) is 0.889. The summed E-state index contributed by atoms with van der Waals surface area (Å²) in [5.74, 6) is 0.684. The van der Waals surface area contributed by atoms with E-state index >= 15 is 0 Å². The van der Waals surface area contributed by atoms with Gasteiger partial charge in [0.05, 0.1) is 11.1 Å². The highest BCUT2D eigenvalue weighted by molar-refractivity contribution is 8.14. The number of fused-ring (bicyclic) bond motifs is 1. The Kier molecular flexibility index (Phi) is 2.17. The summed E-state index contributed by atoms with van der Waals surface area (Å²) in [6, 6.07) is 0.977. The predicted octanol–water partition coefficient (Wildman–Crippen LogP) is 1.65. The molecule has 1 aliphatic heterocycles. The molecule has 1 aliphatic carbocycles. The smallest absolute Gasteiger partial charge is 0.0658 e. The molecule has 0 radical (unpaired) electrons. The summed E-state index contributed by atoms with van der Waals surface area (Å²) in [6.07, 6.45) is 2.30. The largest absolute Gasteiger partial charge is 0.328 e. The molecule has 4 unspecified atom stereocenters. The van der Waals surface area contributed by atoms with Gasteiger partial charge in [0.15, 0.2) is 0 Å². The van der Waals surface area contributed by atoms with E-state index in [9.17, 15) is 0 Å². The minimum atomic E-state index is 0.412. The third-order valence-corrected chi connectivity index (χ3v) is 4.05. The van der Waals surface area contributed by atoms with Crippen molar-refractivity contribution >= 4 is 16.8 Å². The lowest BCUT2D eigenvalue weighted by atomic mass is 9.83. The minimum absolute atomic E-state index is 0.412. The molecule has 0 spiro atoms. The van der Waals surface area contributed by atoms with Crippen molar-refractivity contribution in [1.82, 2.24) is 0 Å². The highest BCUT2D eigenvalue weighted by Crippen LogP contribution is 2.39. The van der Waals surface area contributed by atoms with Crippen molar-refractivity contribution in [3.8, 4) is 0 Å². The van der Waals surface area contributed by atoms with E-state index < -0.39 is 0 Å². The van der Waals surface area contributed by atoms with Crippen molar-refractivity contribution in [3.63, 3.8) is 0 Å². The van der Waals surface area contributed by atoms with E-state index in [1.54, 1.807) is 0 Å². The minimum Gasteiger partial charge on any atom is -0.328 e. The van der Waals surface area contributed by atoms with Crippen molar-refractivity contribution in [3.05, 3.63) is 0 Å². The van der Waals surface area contributed by atoms with E-state index in [4.69, 9.17) is 5.73 Å². The molecule has 12 heavy (non-hydrogen) atoms. The summed E-state index contributed by atoms with van der Waals surface area (Å²) in [4.78, 5) is 4.65. The van der Waals surface area contributed by atoms with Crippen LogP contribution in [0.3, 0.4) is 0 Å². The molecule has 0 bridgehead atoms. The maximum absolute atomic E-state index is 5.96. The van der Waals surface area contributed by atoms with Crippen LogP contribution in [-0.4, -0.2) is 22.4 Å². The Morgan fingerprint density at radius 2 is 2.25 bits per heavy atom. The molecule has 0 aromatic heterocycles. The van der Waals surface area contributed by atoms with Gasteiger partial charge in [-0.25, -0.2) is 0 Å². The predicted molar refractivity (Wildman–Crippen MR) is 54.6 cm³/mol. The lowest BCUT2D eigenvalue weighted by molar-refractivity contribution is 0.313. The summed E-state index contributed by atoms with van der Waals surface area (Å²) < 4.78 is 0. The Balaban J connectivity index is 2.11. The fourth-order valence-electron chi connectivity index (χ4n) is 2.31. The average molecular weight is 184 g/mol. The Hall–Kier alpha value is -0.0200. The van der Waals surface area contributed by atoms with Gasteiger partial charge in [-0.05, 0) is 25.7 Å². The highest BCUT2D eigenvalue weighted by Gasteiger charge is 2.38. The van der Waals surface area contributed by atoms with Gasteiger partial charge in [0, 0.05) is 11.3 Å². The first-order valence-corrected chi connectivity index (χ1v) is 5.51. The van der Waals surface area contributed by atoms with Crippen LogP contribution >= 0.6 is 11.8 Å². The van der Waals surface area contributed by atoms with Gasteiger partial charge < -0.3 is 5.73 Å².